The van der Waals surface area contributed by atoms with Gasteiger partial charge in [-0.25, -0.2) is 4.99 Å². The molecule has 0 atom stereocenters. The van der Waals surface area contributed by atoms with E-state index in [0.29, 0.717) is 6.54 Å². The Morgan fingerprint density at radius 3 is 2.21 bits per heavy atom. The number of aliphatic imine (C=N–C) groups is 1. The number of hydrogen-bond acceptors (Lipinski definition) is 3. The fourth-order valence-corrected chi connectivity index (χ4v) is 3.90. The van der Waals surface area contributed by atoms with E-state index in [1.807, 2.05) is 4.90 Å². The zero-order chi connectivity index (χ0) is 19.9. The quantitative estimate of drug-likeness (QED) is 0.639. The summed E-state index contributed by atoms with van der Waals surface area (Å²) < 4.78 is 0. The number of rotatable bonds is 4. The van der Waals surface area contributed by atoms with E-state index in [0.717, 1.165) is 57.7 Å². The van der Waals surface area contributed by atoms with Crippen molar-refractivity contribution in [1.29, 1.82) is 0 Å². The number of carbonyl (C=O) groups excluding carboxylic acids is 1. The average Bonchev–Trinajstić information content (AvgIpc) is 2.72. The van der Waals surface area contributed by atoms with E-state index in [1.54, 1.807) is 6.92 Å². The molecule has 3 rings (SSSR count). The van der Waals surface area contributed by atoms with Gasteiger partial charge in [-0.1, -0.05) is 19.1 Å². The van der Waals surface area contributed by atoms with Gasteiger partial charge in [-0.05, 0) is 43.4 Å². The monoisotopic (exact) mass is 385 g/mol. The second-order valence-corrected chi connectivity index (χ2v) is 8.00. The summed E-state index contributed by atoms with van der Waals surface area (Å²) >= 11 is 0. The first-order valence-electron chi connectivity index (χ1n) is 10.7. The van der Waals surface area contributed by atoms with Crippen molar-refractivity contribution in [3.63, 3.8) is 0 Å². The first-order chi connectivity index (χ1) is 13.6. The molecule has 0 bridgehead atoms. The molecule has 1 amide bonds. The number of anilines is 1. The van der Waals surface area contributed by atoms with Crippen LogP contribution in [0, 0.1) is 5.92 Å². The Morgan fingerprint density at radius 1 is 1.04 bits per heavy atom. The molecule has 2 fully saturated rings. The molecule has 0 aromatic heterocycles. The molecular formula is C22H35N5O. The largest absolute Gasteiger partial charge is 0.372 e. The number of carbonyl (C=O) groups is 1. The third-order valence-electron chi connectivity index (χ3n) is 5.86. The van der Waals surface area contributed by atoms with Crippen LogP contribution in [0.15, 0.2) is 29.3 Å². The summed E-state index contributed by atoms with van der Waals surface area (Å²) in [6.45, 7) is 13.1. The van der Waals surface area contributed by atoms with E-state index in [9.17, 15) is 4.79 Å². The summed E-state index contributed by atoms with van der Waals surface area (Å²) in [6.07, 6.45) is 2.57. The zero-order valence-electron chi connectivity index (χ0n) is 17.7. The van der Waals surface area contributed by atoms with Crippen molar-refractivity contribution in [2.45, 2.75) is 40.2 Å². The second kappa shape index (κ2) is 9.80. The Bertz CT molecular complexity index is 656. The van der Waals surface area contributed by atoms with Crippen molar-refractivity contribution >= 4 is 17.6 Å². The van der Waals surface area contributed by atoms with Gasteiger partial charge in [-0.2, -0.15) is 0 Å². The van der Waals surface area contributed by atoms with Crippen LogP contribution in [0.1, 0.15) is 39.2 Å². The summed E-state index contributed by atoms with van der Waals surface area (Å²) in [5.74, 6) is 1.95. The van der Waals surface area contributed by atoms with Crippen LogP contribution in [0.3, 0.4) is 0 Å². The lowest BCUT2D eigenvalue weighted by Crippen LogP contribution is -2.53. The van der Waals surface area contributed by atoms with E-state index in [4.69, 9.17) is 4.99 Å². The molecule has 1 aromatic carbocycles. The van der Waals surface area contributed by atoms with Gasteiger partial charge in [0.05, 0.1) is 6.54 Å². The van der Waals surface area contributed by atoms with Gasteiger partial charge in [-0.15, -0.1) is 0 Å². The van der Waals surface area contributed by atoms with E-state index in [-0.39, 0.29) is 5.91 Å². The normalized spacial score (nSPS) is 19.1. The van der Waals surface area contributed by atoms with Crippen LogP contribution in [0.5, 0.6) is 0 Å². The minimum atomic E-state index is 0.157. The molecule has 28 heavy (non-hydrogen) atoms. The van der Waals surface area contributed by atoms with Crippen LogP contribution in [0.4, 0.5) is 5.69 Å². The SMILES string of the molecule is CCNC(=NCc1ccc(N2CCC(C)CC2)cc1)N1CCN(C(C)=O)CC1. The lowest BCUT2D eigenvalue weighted by molar-refractivity contribution is -0.130. The Kier molecular flexibility index (Phi) is 7.18. The topological polar surface area (TPSA) is 51.2 Å². The summed E-state index contributed by atoms with van der Waals surface area (Å²) in [7, 11) is 0. The first-order valence-corrected chi connectivity index (χ1v) is 10.7. The zero-order valence-corrected chi connectivity index (χ0v) is 17.7. The molecule has 6 heteroatoms. The third kappa shape index (κ3) is 5.40. The van der Waals surface area contributed by atoms with Gasteiger partial charge < -0.3 is 20.0 Å². The number of amides is 1. The molecule has 0 radical (unpaired) electrons. The highest BCUT2D eigenvalue weighted by molar-refractivity contribution is 5.80. The minimum absolute atomic E-state index is 0.157. The van der Waals surface area contributed by atoms with Crippen molar-refractivity contribution in [2.24, 2.45) is 10.9 Å². The Labute approximate surface area is 169 Å². The lowest BCUT2D eigenvalue weighted by atomic mass is 9.99. The van der Waals surface area contributed by atoms with Gasteiger partial charge in [0.1, 0.15) is 0 Å². The highest BCUT2D eigenvalue weighted by atomic mass is 16.2. The second-order valence-electron chi connectivity index (χ2n) is 8.00. The smallest absolute Gasteiger partial charge is 0.219 e. The molecule has 2 aliphatic heterocycles. The average molecular weight is 386 g/mol. The van der Waals surface area contributed by atoms with Gasteiger partial charge in [-0.3, -0.25) is 4.79 Å². The van der Waals surface area contributed by atoms with Crippen molar-refractivity contribution < 1.29 is 4.79 Å². The van der Waals surface area contributed by atoms with Crippen LogP contribution < -0.4 is 10.2 Å². The Balaban J connectivity index is 1.58. The van der Waals surface area contributed by atoms with Crippen molar-refractivity contribution in [3.8, 4) is 0 Å². The third-order valence-corrected chi connectivity index (χ3v) is 5.86. The maximum atomic E-state index is 11.5. The van der Waals surface area contributed by atoms with Crippen molar-refractivity contribution in [2.75, 3.05) is 50.7 Å². The number of piperidine rings is 1. The number of nitrogens with one attached hydrogen (secondary N) is 1. The molecule has 0 aliphatic carbocycles. The fraction of sp³-hybridized carbons (Fsp3) is 0.636. The number of benzene rings is 1. The predicted octanol–water partition coefficient (Wildman–Crippen LogP) is 2.55. The van der Waals surface area contributed by atoms with Gasteiger partial charge in [0.15, 0.2) is 5.96 Å². The maximum absolute atomic E-state index is 11.5. The van der Waals surface area contributed by atoms with E-state index in [1.165, 1.54) is 24.1 Å². The van der Waals surface area contributed by atoms with Gasteiger partial charge in [0.25, 0.3) is 0 Å². The highest BCUT2D eigenvalue weighted by Crippen LogP contribution is 2.23. The lowest BCUT2D eigenvalue weighted by Gasteiger charge is -2.36. The van der Waals surface area contributed by atoms with Gasteiger partial charge in [0, 0.05) is 58.4 Å². The molecule has 154 valence electrons. The number of nitrogens with zero attached hydrogens (tertiary/aromatic N) is 4. The van der Waals surface area contributed by atoms with Crippen LogP contribution in [0.25, 0.3) is 0 Å². The molecular weight excluding hydrogens is 350 g/mol. The summed E-state index contributed by atoms with van der Waals surface area (Å²) in [5, 5.41) is 3.40. The Hall–Kier alpha value is -2.24. The number of guanidine groups is 1. The summed E-state index contributed by atoms with van der Waals surface area (Å²) in [5.41, 5.74) is 2.55. The summed E-state index contributed by atoms with van der Waals surface area (Å²) in [6, 6.07) is 8.88. The van der Waals surface area contributed by atoms with Crippen LogP contribution in [-0.4, -0.2) is 67.5 Å². The fourth-order valence-electron chi connectivity index (χ4n) is 3.90. The van der Waals surface area contributed by atoms with Crippen LogP contribution >= 0.6 is 0 Å². The van der Waals surface area contributed by atoms with E-state index < -0.39 is 0 Å². The molecule has 2 aliphatic rings. The maximum Gasteiger partial charge on any atom is 0.219 e. The molecule has 0 saturated carbocycles. The van der Waals surface area contributed by atoms with Crippen LogP contribution in [0.2, 0.25) is 0 Å². The Morgan fingerprint density at radius 2 is 1.64 bits per heavy atom. The molecule has 1 N–H and O–H groups in total. The summed E-state index contributed by atoms with van der Waals surface area (Å²) in [4.78, 5) is 23.0. The first kappa shape index (κ1) is 20.5. The molecule has 1 aromatic rings. The molecule has 2 saturated heterocycles. The molecule has 0 unspecified atom stereocenters. The molecule has 0 spiro atoms. The van der Waals surface area contributed by atoms with Gasteiger partial charge in [0.2, 0.25) is 5.91 Å². The predicted molar refractivity (Wildman–Crippen MR) is 116 cm³/mol. The van der Waals surface area contributed by atoms with Crippen molar-refractivity contribution in [3.05, 3.63) is 29.8 Å². The highest BCUT2D eigenvalue weighted by Gasteiger charge is 2.21. The number of hydrogen-bond donors (Lipinski definition) is 1. The van der Waals surface area contributed by atoms with Crippen LogP contribution in [-0.2, 0) is 11.3 Å². The molecule has 6 nitrogen and oxygen atoms in total. The van der Waals surface area contributed by atoms with Gasteiger partial charge >= 0.3 is 0 Å². The molecule has 2 heterocycles. The van der Waals surface area contributed by atoms with E-state index >= 15 is 0 Å². The number of piperazine rings is 1. The standard InChI is InChI=1S/C22H35N5O/c1-4-23-22(27-15-13-25(14-16-27)19(3)28)24-17-20-5-7-21(8-6-20)26-11-9-18(2)10-12-26/h5-8,18H,4,9-17H2,1-3H3,(H,23,24). The van der Waals surface area contributed by atoms with E-state index in [2.05, 4.69) is 53.2 Å². The van der Waals surface area contributed by atoms with Crippen molar-refractivity contribution in [1.82, 2.24) is 15.1 Å². The minimum Gasteiger partial charge on any atom is -0.372 e.